The molecular formula is C19H30Cl2N6O. The molecule has 1 aliphatic heterocycles. The number of aromatic nitrogens is 3. The molecular weight excluding hydrogens is 399 g/mol. The van der Waals surface area contributed by atoms with Crippen molar-refractivity contribution in [1.82, 2.24) is 25.2 Å². The van der Waals surface area contributed by atoms with Crippen molar-refractivity contribution in [3.8, 4) is 0 Å². The Labute approximate surface area is 179 Å². The quantitative estimate of drug-likeness (QED) is 0.765. The van der Waals surface area contributed by atoms with Crippen LogP contribution < -0.4 is 10.6 Å². The fraction of sp³-hybridized carbons (Fsp3) is 0.526. The highest BCUT2D eigenvalue weighted by atomic mass is 35.5. The first kappa shape index (κ1) is 24.4. The van der Waals surface area contributed by atoms with Crippen molar-refractivity contribution in [1.29, 1.82) is 0 Å². The second kappa shape index (κ2) is 10.8. The number of piperidine rings is 1. The molecule has 28 heavy (non-hydrogen) atoms. The number of aryl methyl sites for hydroxylation is 1. The van der Waals surface area contributed by atoms with E-state index >= 15 is 0 Å². The number of carbonyl (C=O) groups is 1. The molecule has 2 aromatic rings. The van der Waals surface area contributed by atoms with Crippen LogP contribution in [-0.4, -0.2) is 53.0 Å². The number of halogens is 2. The highest BCUT2D eigenvalue weighted by molar-refractivity contribution is 6.03. The minimum Gasteiger partial charge on any atom is -0.320 e. The van der Waals surface area contributed by atoms with Gasteiger partial charge in [-0.2, -0.15) is 0 Å². The summed E-state index contributed by atoms with van der Waals surface area (Å²) in [6, 6.07) is 6.38. The lowest BCUT2D eigenvalue weighted by Gasteiger charge is -2.23. The van der Waals surface area contributed by atoms with Gasteiger partial charge in [-0.3, -0.25) is 4.79 Å². The van der Waals surface area contributed by atoms with Crippen LogP contribution in [0.15, 0.2) is 18.2 Å². The lowest BCUT2D eigenvalue weighted by Crippen LogP contribution is -2.30. The van der Waals surface area contributed by atoms with Gasteiger partial charge in [0.1, 0.15) is 0 Å². The minimum absolute atomic E-state index is 0. The Kier molecular flexibility index (Phi) is 9.36. The van der Waals surface area contributed by atoms with Crippen LogP contribution in [0.4, 0.5) is 5.69 Å². The summed E-state index contributed by atoms with van der Waals surface area (Å²) in [6.45, 7) is 6.69. The molecule has 0 spiro atoms. The van der Waals surface area contributed by atoms with Crippen molar-refractivity contribution >= 4 is 36.4 Å². The average Bonchev–Trinajstić information content (AvgIpc) is 2.99. The van der Waals surface area contributed by atoms with E-state index in [0.717, 1.165) is 49.4 Å². The van der Waals surface area contributed by atoms with Crippen LogP contribution in [0, 0.1) is 13.8 Å². The molecule has 0 radical (unpaired) electrons. The van der Waals surface area contributed by atoms with Crippen molar-refractivity contribution in [3.63, 3.8) is 0 Å². The molecule has 1 amide bonds. The van der Waals surface area contributed by atoms with Gasteiger partial charge in [0.05, 0.1) is 11.7 Å². The Hall–Kier alpha value is -1.67. The fourth-order valence-corrected chi connectivity index (χ4v) is 3.45. The van der Waals surface area contributed by atoms with Crippen LogP contribution in [0.25, 0.3) is 0 Å². The smallest absolute Gasteiger partial charge is 0.278 e. The van der Waals surface area contributed by atoms with Crippen molar-refractivity contribution < 1.29 is 4.79 Å². The molecule has 1 aliphatic rings. The Morgan fingerprint density at radius 2 is 1.93 bits per heavy atom. The topological polar surface area (TPSA) is 75.1 Å². The zero-order valence-corrected chi connectivity index (χ0v) is 18.5. The highest BCUT2D eigenvalue weighted by Crippen LogP contribution is 2.22. The van der Waals surface area contributed by atoms with E-state index in [0.29, 0.717) is 11.7 Å². The second-order valence-electron chi connectivity index (χ2n) is 7.30. The average molecular weight is 429 g/mol. The second-order valence-corrected chi connectivity index (χ2v) is 7.30. The number of nitrogens with zero attached hydrogens (tertiary/aromatic N) is 4. The van der Waals surface area contributed by atoms with E-state index in [9.17, 15) is 4.79 Å². The zero-order chi connectivity index (χ0) is 18.7. The summed E-state index contributed by atoms with van der Waals surface area (Å²) in [4.78, 5) is 14.9. The van der Waals surface area contributed by atoms with Crippen LogP contribution in [0.2, 0.25) is 0 Å². The zero-order valence-electron chi connectivity index (χ0n) is 16.9. The maximum atomic E-state index is 12.8. The maximum Gasteiger partial charge on any atom is 0.278 e. The Balaban J connectivity index is 0.00000196. The summed E-state index contributed by atoms with van der Waals surface area (Å²) in [5.41, 5.74) is 4.32. The van der Waals surface area contributed by atoms with Gasteiger partial charge in [0, 0.05) is 12.2 Å². The summed E-state index contributed by atoms with van der Waals surface area (Å²) in [5.74, 6) is -0.202. The lowest BCUT2D eigenvalue weighted by molar-refractivity contribution is 0.102. The molecule has 0 unspecified atom stereocenters. The summed E-state index contributed by atoms with van der Waals surface area (Å²) in [7, 11) is 4.03. The third-order valence-electron chi connectivity index (χ3n) is 4.79. The van der Waals surface area contributed by atoms with Gasteiger partial charge in [-0.25, -0.2) is 4.68 Å². The van der Waals surface area contributed by atoms with E-state index in [1.54, 1.807) is 0 Å². The predicted molar refractivity (Wildman–Crippen MR) is 117 cm³/mol. The molecule has 0 saturated carbocycles. The normalized spacial score (nSPS) is 14.3. The third-order valence-corrected chi connectivity index (χ3v) is 4.79. The van der Waals surface area contributed by atoms with Gasteiger partial charge >= 0.3 is 0 Å². The molecule has 0 atom stereocenters. The van der Waals surface area contributed by atoms with Gasteiger partial charge in [0.2, 0.25) is 0 Å². The molecule has 2 heterocycles. The van der Waals surface area contributed by atoms with Crippen LogP contribution in [0.5, 0.6) is 0 Å². The Morgan fingerprint density at radius 3 is 2.57 bits per heavy atom. The van der Waals surface area contributed by atoms with Gasteiger partial charge in [-0.05, 0) is 65.5 Å². The Morgan fingerprint density at radius 1 is 1.25 bits per heavy atom. The number of rotatable bonds is 5. The minimum atomic E-state index is -0.202. The van der Waals surface area contributed by atoms with Crippen molar-refractivity contribution in [2.24, 2.45) is 0 Å². The van der Waals surface area contributed by atoms with Gasteiger partial charge < -0.3 is 15.5 Å². The number of hydrogen-bond acceptors (Lipinski definition) is 5. The molecule has 9 heteroatoms. The number of amides is 1. The molecule has 0 bridgehead atoms. The predicted octanol–water partition coefficient (Wildman–Crippen LogP) is 2.98. The summed E-state index contributed by atoms with van der Waals surface area (Å²) in [6.07, 6.45) is 2.02. The lowest BCUT2D eigenvalue weighted by atomic mass is 10.1. The molecule has 2 N–H and O–H groups in total. The van der Waals surface area contributed by atoms with Crippen LogP contribution in [-0.2, 0) is 6.54 Å². The van der Waals surface area contributed by atoms with E-state index in [1.165, 1.54) is 5.56 Å². The first-order valence-corrected chi connectivity index (χ1v) is 9.14. The monoisotopic (exact) mass is 428 g/mol. The maximum absolute atomic E-state index is 12.8. The fourth-order valence-electron chi connectivity index (χ4n) is 3.45. The summed E-state index contributed by atoms with van der Waals surface area (Å²) < 4.78 is 1.91. The number of carbonyl (C=O) groups excluding carboxylic acids is 1. The van der Waals surface area contributed by atoms with E-state index in [1.807, 2.05) is 37.8 Å². The van der Waals surface area contributed by atoms with Crippen molar-refractivity contribution in [2.45, 2.75) is 39.3 Å². The summed E-state index contributed by atoms with van der Waals surface area (Å²) >= 11 is 0. The van der Waals surface area contributed by atoms with Crippen LogP contribution in [0.3, 0.4) is 0 Å². The number of benzene rings is 1. The molecule has 1 saturated heterocycles. The Bertz CT molecular complexity index is 787. The molecule has 3 rings (SSSR count). The van der Waals surface area contributed by atoms with E-state index in [4.69, 9.17) is 0 Å². The standard InChI is InChI=1S/C19H28N6O.2ClH/c1-13-5-6-17(15(11-13)12-24(3)4)21-19(26)18-14(2)25(23-22-18)16-7-9-20-10-8-16;;/h5-6,11,16,20H,7-10,12H2,1-4H3,(H,21,26);2*1H. The van der Waals surface area contributed by atoms with Crippen LogP contribution in [0.1, 0.15) is 46.2 Å². The molecule has 1 fully saturated rings. The number of anilines is 1. The molecule has 1 aromatic carbocycles. The third kappa shape index (κ3) is 5.67. The van der Waals surface area contributed by atoms with Gasteiger partial charge in [0.25, 0.3) is 5.91 Å². The van der Waals surface area contributed by atoms with Crippen LogP contribution >= 0.6 is 24.8 Å². The van der Waals surface area contributed by atoms with Gasteiger partial charge in [-0.1, -0.05) is 22.9 Å². The largest absolute Gasteiger partial charge is 0.320 e. The molecule has 7 nitrogen and oxygen atoms in total. The van der Waals surface area contributed by atoms with E-state index in [-0.39, 0.29) is 30.7 Å². The number of hydrogen-bond donors (Lipinski definition) is 2. The SMILES string of the molecule is Cc1ccc(NC(=O)c2nnn(C3CCNCC3)c2C)c(CN(C)C)c1.Cl.Cl. The van der Waals surface area contributed by atoms with E-state index in [2.05, 4.69) is 38.8 Å². The van der Waals surface area contributed by atoms with Gasteiger partial charge in [0.15, 0.2) is 5.69 Å². The first-order chi connectivity index (χ1) is 12.5. The van der Waals surface area contributed by atoms with Gasteiger partial charge in [-0.15, -0.1) is 29.9 Å². The molecule has 1 aromatic heterocycles. The van der Waals surface area contributed by atoms with Crippen molar-refractivity contribution in [3.05, 3.63) is 40.7 Å². The first-order valence-electron chi connectivity index (χ1n) is 9.14. The highest BCUT2D eigenvalue weighted by Gasteiger charge is 2.23. The van der Waals surface area contributed by atoms with Crippen molar-refractivity contribution in [2.75, 3.05) is 32.5 Å². The number of nitrogens with one attached hydrogen (secondary N) is 2. The van der Waals surface area contributed by atoms with E-state index < -0.39 is 0 Å². The molecule has 156 valence electrons. The summed E-state index contributed by atoms with van der Waals surface area (Å²) in [5, 5.41) is 14.8. The molecule has 0 aliphatic carbocycles.